The van der Waals surface area contributed by atoms with Gasteiger partial charge in [0.15, 0.2) is 15.5 Å². The van der Waals surface area contributed by atoms with Gasteiger partial charge in [-0.1, -0.05) is 66.7 Å². The molecule has 0 spiro atoms. The smallest absolute Gasteiger partial charge is 0.212 e. The van der Waals surface area contributed by atoms with Crippen molar-refractivity contribution in [2.24, 2.45) is 0 Å². The van der Waals surface area contributed by atoms with Crippen molar-refractivity contribution in [3.8, 4) is 0 Å². The van der Waals surface area contributed by atoms with Crippen LogP contribution in [0, 0.1) is 0 Å². The van der Waals surface area contributed by atoms with E-state index in [-0.39, 0.29) is 35.2 Å². The normalized spacial score (nSPS) is 10.1. The molecule has 0 heterocycles. The van der Waals surface area contributed by atoms with Gasteiger partial charge in [-0.25, -0.2) is 0 Å². The van der Waals surface area contributed by atoms with E-state index in [0.717, 1.165) is 5.56 Å². The number of carbonyl (C=O) groups is 1. The summed E-state index contributed by atoms with van der Waals surface area (Å²) in [7, 11) is -0.231. The molecule has 0 saturated carbocycles. The van der Waals surface area contributed by atoms with Crippen LogP contribution in [-0.4, -0.2) is 11.5 Å². The van der Waals surface area contributed by atoms with Crippen LogP contribution in [-0.2, 0) is 29.5 Å². The maximum Gasteiger partial charge on any atom is 0.212 e. The molecule has 0 aliphatic heterocycles. The predicted octanol–water partition coefficient (Wildman–Crippen LogP) is 4.60. The van der Waals surface area contributed by atoms with Crippen LogP contribution in [0.4, 0.5) is 0 Å². The van der Waals surface area contributed by atoms with Crippen molar-refractivity contribution in [2.45, 2.75) is 9.79 Å². The second-order valence-electron chi connectivity index (χ2n) is 4.95. The van der Waals surface area contributed by atoms with Gasteiger partial charge in [0.2, 0.25) is 5.78 Å². The molecule has 0 unspecified atom stereocenters. The summed E-state index contributed by atoms with van der Waals surface area (Å²) in [6, 6.07) is 30.1. The van der Waals surface area contributed by atoms with E-state index in [0.29, 0.717) is 5.75 Å². The molecule has 1 nitrogen and oxygen atoms in total. The fourth-order valence-electron chi connectivity index (χ4n) is 2.31. The van der Waals surface area contributed by atoms with E-state index in [1.165, 1.54) is 9.79 Å². The Bertz CT molecular complexity index is 690. The van der Waals surface area contributed by atoms with E-state index in [9.17, 15) is 4.79 Å². The number of Topliss-reactive ketones (excluding diaryl/α,β-unsaturated/α-hetero) is 1. The van der Waals surface area contributed by atoms with Crippen LogP contribution >= 0.6 is 0 Å². The predicted molar refractivity (Wildman–Crippen MR) is 92.4 cm³/mol. The van der Waals surface area contributed by atoms with Gasteiger partial charge in [-0.2, -0.15) is 0 Å². The molecule has 1 radical (unpaired) electrons. The van der Waals surface area contributed by atoms with E-state index in [2.05, 4.69) is 24.3 Å². The molecule has 0 amide bonds. The van der Waals surface area contributed by atoms with Gasteiger partial charge in [0.25, 0.3) is 0 Å². The van der Waals surface area contributed by atoms with Crippen LogP contribution in [0.25, 0.3) is 0 Å². The molecule has 23 heavy (non-hydrogen) atoms. The standard InChI is InChI=1S/C20H17OS.V/c21-20(17-10-4-1-5-11-17)16-22(18-12-6-2-7-13-18)19-14-8-3-9-15-19;/h1-15H,16H2;/q+1;. The zero-order valence-corrected chi connectivity index (χ0v) is 14.8. The summed E-state index contributed by atoms with van der Waals surface area (Å²) in [6.07, 6.45) is 0. The van der Waals surface area contributed by atoms with Gasteiger partial charge in [-0.05, 0) is 24.3 Å². The number of hydrogen-bond donors (Lipinski definition) is 0. The van der Waals surface area contributed by atoms with Gasteiger partial charge < -0.3 is 0 Å². The van der Waals surface area contributed by atoms with Crippen molar-refractivity contribution >= 4 is 16.7 Å². The first kappa shape index (κ1) is 17.6. The van der Waals surface area contributed by atoms with Crippen LogP contribution in [0.15, 0.2) is 101 Å². The van der Waals surface area contributed by atoms with E-state index in [4.69, 9.17) is 0 Å². The molecular formula is C20H17OSV+. The molecule has 0 fully saturated rings. The Balaban J connectivity index is 0.00000192. The second kappa shape index (κ2) is 8.78. The molecule has 0 saturated heterocycles. The number of hydrogen-bond acceptors (Lipinski definition) is 1. The minimum Gasteiger partial charge on any atom is -0.289 e. The Hall–Kier alpha value is -1.74. The first-order chi connectivity index (χ1) is 10.8. The monoisotopic (exact) mass is 356 g/mol. The number of carbonyl (C=O) groups excluding carboxylic acids is 1. The quantitative estimate of drug-likeness (QED) is 0.482. The van der Waals surface area contributed by atoms with E-state index in [1.807, 2.05) is 66.7 Å². The molecule has 3 aromatic rings. The number of benzene rings is 3. The van der Waals surface area contributed by atoms with Crippen molar-refractivity contribution in [1.82, 2.24) is 0 Å². The van der Waals surface area contributed by atoms with Gasteiger partial charge in [-0.15, -0.1) is 0 Å². The Kier molecular flexibility index (Phi) is 6.73. The van der Waals surface area contributed by atoms with E-state index >= 15 is 0 Å². The molecule has 0 aromatic heterocycles. The molecule has 0 aliphatic carbocycles. The Morgan fingerprint density at radius 1 is 0.652 bits per heavy atom. The molecule has 0 atom stereocenters. The van der Waals surface area contributed by atoms with Gasteiger partial charge in [0, 0.05) is 24.1 Å². The largest absolute Gasteiger partial charge is 0.289 e. The second-order valence-corrected chi connectivity index (χ2v) is 6.96. The molecule has 0 aliphatic rings. The Morgan fingerprint density at radius 2 is 1.04 bits per heavy atom. The van der Waals surface area contributed by atoms with Crippen LogP contribution in [0.2, 0.25) is 0 Å². The summed E-state index contributed by atoms with van der Waals surface area (Å²) in [4.78, 5) is 15.0. The zero-order valence-electron chi connectivity index (χ0n) is 12.6. The minimum atomic E-state index is -0.231. The summed E-state index contributed by atoms with van der Waals surface area (Å²) < 4.78 is 0. The molecule has 113 valence electrons. The maximum atomic E-state index is 12.6. The van der Waals surface area contributed by atoms with Crippen molar-refractivity contribution in [2.75, 3.05) is 5.75 Å². The van der Waals surface area contributed by atoms with Crippen LogP contribution in [0.1, 0.15) is 10.4 Å². The first-order valence-electron chi connectivity index (χ1n) is 7.24. The van der Waals surface area contributed by atoms with E-state index < -0.39 is 0 Å². The third-order valence-corrected chi connectivity index (χ3v) is 5.66. The summed E-state index contributed by atoms with van der Waals surface area (Å²) >= 11 is 0. The van der Waals surface area contributed by atoms with Crippen LogP contribution in [0.5, 0.6) is 0 Å². The SMILES string of the molecule is O=C(C[S+](c1ccccc1)c1ccccc1)c1ccccc1.[V]. The number of ketones is 1. The molecular weight excluding hydrogens is 339 g/mol. The fraction of sp³-hybridized carbons (Fsp3) is 0.0500. The van der Waals surface area contributed by atoms with Gasteiger partial charge in [0.05, 0.1) is 10.9 Å². The minimum absolute atomic E-state index is 0. The van der Waals surface area contributed by atoms with Crippen LogP contribution in [0.3, 0.4) is 0 Å². The molecule has 3 heteroatoms. The first-order valence-corrected chi connectivity index (χ1v) is 8.63. The van der Waals surface area contributed by atoms with Gasteiger partial charge in [-0.3, -0.25) is 4.79 Å². The summed E-state index contributed by atoms with van der Waals surface area (Å²) in [5.74, 6) is 0.703. The van der Waals surface area contributed by atoms with E-state index in [1.54, 1.807) is 0 Å². The van der Waals surface area contributed by atoms with Crippen LogP contribution < -0.4 is 0 Å². The van der Waals surface area contributed by atoms with Gasteiger partial charge in [0.1, 0.15) is 0 Å². The zero-order chi connectivity index (χ0) is 15.2. The number of rotatable bonds is 5. The molecule has 0 N–H and O–H groups in total. The third-order valence-electron chi connectivity index (χ3n) is 3.43. The van der Waals surface area contributed by atoms with Gasteiger partial charge >= 0.3 is 0 Å². The van der Waals surface area contributed by atoms with Crippen molar-refractivity contribution in [1.29, 1.82) is 0 Å². The summed E-state index contributed by atoms with van der Waals surface area (Å²) in [5, 5.41) is 0. The Labute approximate surface area is 152 Å². The van der Waals surface area contributed by atoms with Crippen molar-refractivity contribution in [3.05, 3.63) is 96.6 Å². The molecule has 3 aromatic carbocycles. The summed E-state index contributed by atoms with van der Waals surface area (Å²) in [5.41, 5.74) is 0.784. The molecule has 0 bridgehead atoms. The Morgan fingerprint density at radius 3 is 1.48 bits per heavy atom. The average molecular weight is 356 g/mol. The third kappa shape index (κ3) is 4.62. The fourth-order valence-corrected chi connectivity index (χ4v) is 4.32. The average Bonchev–Trinajstić information content (AvgIpc) is 2.62. The summed E-state index contributed by atoms with van der Waals surface area (Å²) in [6.45, 7) is 0. The molecule has 3 rings (SSSR count). The van der Waals surface area contributed by atoms with Crippen molar-refractivity contribution in [3.63, 3.8) is 0 Å². The topological polar surface area (TPSA) is 17.1 Å². The maximum absolute atomic E-state index is 12.6. The van der Waals surface area contributed by atoms with Crippen molar-refractivity contribution < 1.29 is 23.4 Å².